The Balaban J connectivity index is 2.16. The van der Waals surface area contributed by atoms with Gasteiger partial charge in [-0.2, -0.15) is 10.5 Å². The highest BCUT2D eigenvalue weighted by molar-refractivity contribution is 5.98. The molecule has 2 aromatic rings. The highest BCUT2D eigenvalue weighted by Crippen LogP contribution is 2.42. The van der Waals surface area contributed by atoms with Crippen LogP contribution in [0.5, 0.6) is 5.75 Å². The van der Waals surface area contributed by atoms with Crippen LogP contribution in [0.25, 0.3) is 0 Å². The summed E-state index contributed by atoms with van der Waals surface area (Å²) in [5, 5.41) is 23.2. The number of nitriles is 2. The highest BCUT2D eigenvalue weighted by Gasteiger charge is 2.33. The van der Waals surface area contributed by atoms with Crippen LogP contribution in [0.3, 0.4) is 0 Å². The molecule has 0 saturated carbocycles. The summed E-state index contributed by atoms with van der Waals surface area (Å²) in [6, 6.07) is 2.61. The van der Waals surface area contributed by atoms with Gasteiger partial charge in [-0.25, -0.2) is 18.8 Å². The van der Waals surface area contributed by atoms with Gasteiger partial charge in [0.2, 0.25) is 5.96 Å². The number of ether oxygens (including phenoxy) is 1. The van der Waals surface area contributed by atoms with E-state index in [2.05, 4.69) is 20.6 Å². The summed E-state index contributed by atoms with van der Waals surface area (Å²) in [5.41, 5.74) is 11.2. The van der Waals surface area contributed by atoms with Crippen molar-refractivity contribution in [2.45, 2.75) is 25.8 Å². The van der Waals surface area contributed by atoms with Crippen molar-refractivity contribution in [3.8, 4) is 18.0 Å². The predicted octanol–water partition coefficient (Wildman–Crippen LogP) is 2.52. The average Bonchev–Trinajstić information content (AvgIpc) is 2.68. The molecule has 0 bridgehead atoms. The summed E-state index contributed by atoms with van der Waals surface area (Å²) in [4.78, 5) is 8.20. The predicted molar refractivity (Wildman–Crippen MR) is 106 cm³/mol. The van der Waals surface area contributed by atoms with Crippen LogP contribution in [0.4, 0.5) is 26.1 Å². The monoisotopic (exact) mass is 412 g/mol. The second-order valence-corrected chi connectivity index (χ2v) is 6.40. The average molecular weight is 412 g/mol. The minimum absolute atomic E-state index is 0.0313. The second kappa shape index (κ2) is 8.49. The number of guanidine groups is 1. The van der Waals surface area contributed by atoms with Crippen LogP contribution in [-0.4, -0.2) is 17.6 Å². The van der Waals surface area contributed by atoms with Gasteiger partial charge in [-0.15, -0.1) is 0 Å². The van der Waals surface area contributed by atoms with Crippen LogP contribution in [-0.2, 0) is 0 Å². The molecule has 0 spiro atoms. The molecule has 2 heterocycles. The molecule has 0 amide bonds. The first-order valence-electron chi connectivity index (χ1n) is 9.01. The molecule has 1 unspecified atom stereocenters. The van der Waals surface area contributed by atoms with Gasteiger partial charge in [0.25, 0.3) is 0 Å². The van der Waals surface area contributed by atoms with Crippen molar-refractivity contribution in [2.24, 2.45) is 4.99 Å². The summed E-state index contributed by atoms with van der Waals surface area (Å²) in [6.45, 7) is 2.29. The summed E-state index contributed by atoms with van der Waals surface area (Å²) >= 11 is 0. The Kier molecular flexibility index (Phi) is 5.83. The molecule has 0 radical (unpaired) electrons. The number of pyridine rings is 1. The van der Waals surface area contributed by atoms with Crippen molar-refractivity contribution in [1.82, 2.24) is 10.3 Å². The number of rotatable bonds is 5. The highest BCUT2D eigenvalue weighted by atomic mass is 19.1. The molecule has 3 rings (SSSR count). The first-order chi connectivity index (χ1) is 14.4. The molecule has 0 aliphatic carbocycles. The van der Waals surface area contributed by atoms with Crippen molar-refractivity contribution in [3.05, 3.63) is 40.5 Å². The number of nitrogen functional groups attached to an aromatic ring is 2. The van der Waals surface area contributed by atoms with Crippen molar-refractivity contribution in [2.75, 3.05) is 23.4 Å². The molecule has 1 aliphatic rings. The van der Waals surface area contributed by atoms with Gasteiger partial charge in [0.15, 0.2) is 6.19 Å². The number of benzene rings is 1. The number of fused-ring (bicyclic) bond motifs is 1. The van der Waals surface area contributed by atoms with Crippen molar-refractivity contribution in [3.63, 3.8) is 0 Å². The van der Waals surface area contributed by atoms with E-state index >= 15 is 0 Å². The second-order valence-electron chi connectivity index (χ2n) is 6.40. The lowest BCUT2D eigenvalue weighted by Gasteiger charge is -2.26. The molecule has 0 saturated heterocycles. The standard InChI is InChI=1S/C19H18F2N8O/c1-2-3-4-30-9-5-11(20)13(12(21)6-9)16-14-15(24)10(7-22)17(25)28-18(14)29-19(27-16)26-8-23/h5-6,16H,2-4H2,1H3,(H6,24,25,26,27,28,29). The molecule has 9 nitrogen and oxygen atoms in total. The first kappa shape index (κ1) is 20.6. The van der Waals surface area contributed by atoms with Gasteiger partial charge in [-0.1, -0.05) is 13.3 Å². The largest absolute Gasteiger partial charge is 0.493 e. The smallest absolute Gasteiger partial charge is 0.211 e. The third-order valence-electron chi connectivity index (χ3n) is 4.45. The molecule has 1 aromatic carbocycles. The lowest BCUT2D eigenvalue weighted by atomic mass is 9.94. The Labute approximate surface area is 171 Å². The third-order valence-corrected chi connectivity index (χ3v) is 4.45. The van der Waals surface area contributed by atoms with Gasteiger partial charge in [-0.05, 0) is 6.42 Å². The van der Waals surface area contributed by atoms with E-state index in [9.17, 15) is 14.0 Å². The van der Waals surface area contributed by atoms with Crippen molar-refractivity contribution >= 4 is 23.3 Å². The van der Waals surface area contributed by atoms with Crippen LogP contribution >= 0.6 is 0 Å². The normalized spacial score (nSPS) is 14.6. The molecular weight excluding hydrogens is 394 g/mol. The zero-order chi connectivity index (χ0) is 21.8. The van der Waals surface area contributed by atoms with Crippen LogP contribution in [0.2, 0.25) is 0 Å². The van der Waals surface area contributed by atoms with E-state index in [1.54, 1.807) is 6.19 Å². The van der Waals surface area contributed by atoms with Crippen LogP contribution in [0.15, 0.2) is 17.1 Å². The number of nitrogens with two attached hydrogens (primary N) is 2. The topological polar surface area (TPSA) is 158 Å². The molecule has 6 N–H and O–H groups in total. The molecule has 1 aromatic heterocycles. The first-order valence-corrected chi connectivity index (χ1v) is 9.01. The maximum Gasteiger partial charge on any atom is 0.211 e. The summed E-state index contributed by atoms with van der Waals surface area (Å²) < 4.78 is 35.3. The number of aromatic nitrogens is 1. The Morgan fingerprint density at radius 1 is 1.23 bits per heavy atom. The van der Waals surface area contributed by atoms with Crippen molar-refractivity contribution < 1.29 is 13.5 Å². The minimum Gasteiger partial charge on any atom is -0.493 e. The van der Waals surface area contributed by atoms with Crippen LogP contribution in [0.1, 0.15) is 42.5 Å². The zero-order valence-corrected chi connectivity index (χ0v) is 16.0. The summed E-state index contributed by atoms with van der Waals surface area (Å²) in [5.74, 6) is -2.05. The minimum atomic E-state index is -1.32. The molecule has 1 atom stereocenters. The summed E-state index contributed by atoms with van der Waals surface area (Å²) in [6.07, 6.45) is 3.27. The molecule has 11 heteroatoms. The number of unbranched alkanes of at least 4 members (excludes halogenated alkanes) is 1. The lowest BCUT2D eigenvalue weighted by molar-refractivity contribution is 0.305. The Morgan fingerprint density at radius 2 is 1.93 bits per heavy atom. The van der Waals surface area contributed by atoms with Gasteiger partial charge < -0.3 is 21.5 Å². The fourth-order valence-electron chi connectivity index (χ4n) is 3.03. The molecular formula is C19H18F2N8O. The fourth-order valence-corrected chi connectivity index (χ4v) is 3.03. The molecule has 0 fully saturated rings. The van der Waals surface area contributed by atoms with Gasteiger partial charge in [0, 0.05) is 17.7 Å². The van der Waals surface area contributed by atoms with Crippen molar-refractivity contribution in [1.29, 1.82) is 10.5 Å². The maximum absolute atomic E-state index is 15.0. The Morgan fingerprint density at radius 3 is 2.53 bits per heavy atom. The molecule has 1 aliphatic heterocycles. The number of aliphatic imine (C=N–C) groups is 1. The zero-order valence-electron chi connectivity index (χ0n) is 16.0. The number of hydrogen-bond acceptors (Lipinski definition) is 9. The third kappa shape index (κ3) is 3.73. The van der Waals surface area contributed by atoms with E-state index < -0.39 is 23.2 Å². The maximum atomic E-state index is 15.0. The van der Waals surface area contributed by atoms with Crippen LogP contribution in [0, 0.1) is 34.4 Å². The number of halogens is 2. The number of hydrogen-bond donors (Lipinski definition) is 4. The van der Waals surface area contributed by atoms with Gasteiger partial charge in [0.1, 0.15) is 46.7 Å². The fraction of sp³-hybridized carbons (Fsp3) is 0.263. The summed E-state index contributed by atoms with van der Waals surface area (Å²) in [7, 11) is 0. The van der Waals surface area contributed by atoms with Gasteiger partial charge >= 0.3 is 0 Å². The SMILES string of the molecule is CCCCOc1cc(F)c(C2N=C(NC#N)Nc3nc(N)c(C#N)c(N)c32)c(F)c1. The Hall–Kier alpha value is -4.12. The van der Waals surface area contributed by atoms with Gasteiger partial charge in [0.05, 0.1) is 17.9 Å². The number of nitrogens with one attached hydrogen (secondary N) is 2. The lowest BCUT2D eigenvalue weighted by Crippen LogP contribution is -2.33. The van der Waals surface area contributed by atoms with E-state index in [0.29, 0.717) is 6.61 Å². The van der Waals surface area contributed by atoms with E-state index in [0.717, 1.165) is 25.0 Å². The van der Waals surface area contributed by atoms with Crippen LogP contribution < -0.4 is 26.8 Å². The van der Waals surface area contributed by atoms with Gasteiger partial charge in [-0.3, -0.25) is 5.32 Å². The van der Waals surface area contributed by atoms with E-state index in [-0.39, 0.29) is 40.2 Å². The Bertz CT molecular complexity index is 1080. The van der Waals surface area contributed by atoms with E-state index in [1.807, 2.05) is 13.0 Å². The van der Waals surface area contributed by atoms with E-state index in [4.69, 9.17) is 21.5 Å². The number of nitrogens with zero attached hydrogens (tertiary/aromatic N) is 4. The van der Waals surface area contributed by atoms with E-state index in [1.165, 1.54) is 0 Å². The molecule has 30 heavy (non-hydrogen) atoms. The number of anilines is 3. The quantitative estimate of drug-likeness (QED) is 0.331. The molecule has 154 valence electrons.